The van der Waals surface area contributed by atoms with Gasteiger partial charge < -0.3 is 19.5 Å². The number of methoxy groups -OCH3 is 2. The van der Waals surface area contributed by atoms with Gasteiger partial charge in [0.1, 0.15) is 11.5 Å². The minimum Gasteiger partial charge on any atom is -0.497 e. The Bertz CT molecular complexity index is 1050. The van der Waals surface area contributed by atoms with Crippen molar-refractivity contribution in [1.82, 2.24) is 15.1 Å². The highest BCUT2D eigenvalue weighted by Gasteiger charge is 2.12. The number of carbonyl (C=O) groups is 1. The molecule has 0 saturated carbocycles. The average Bonchev–Trinajstić information content (AvgIpc) is 3.34. The van der Waals surface area contributed by atoms with Crippen LogP contribution in [0.25, 0.3) is 0 Å². The molecule has 0 radical (unpaired) electrons. The molecule has 0 unspecified atom stereocenters. The van der Waals surface area contributed by atoms with Gasteiger partial charge in [0.2, 0.25) is 0 Å². The second-order valence-corrected chi connectivity index (χ2v) is 8.35. The molecule has 1 aliphatic heterocycles. The standard InChI is InChI=1S/C26H32N4O4/c1-32-23-15-20(16-24(18-23)33-2)5-8-22-17-25(29-28-22)27-26(31)21-6-3-19(4-7-21)9-10-30-11-13-34-14-12-30/h3-4,6-7,15-18H,5,8-14H2,1-2H3,(H2,27,28,29,31). The number of hydrogen-bond donors (Lipinski definition) is 2. The molecular weight excluding hydrogens is 432 g/mol. The largest absolute Gasteiger partial charge is 0.497 e. The molecule has 2 heterocycles. The van der Waals surface area contributed by atoms with Crippen LogP contribution in [0.5, 0.6) is 11.5 Å². The molecule has 2 aromatic carbocycles. The number of carbonyl (C=O) groups excluding carboxylic acids is 1. The third-order valence-corrected chi connectivity index (χ3v) is 6.00. The van der Waals surface area contributed by atoms with Crippen LogP contribution in [-0.4, -0.2) is 68.1 Å². The fourth-order valence-corrected chi connectivity index (χ4v) is 3.97. The van der Waals surface area contributed by atoms with Gasteiger partial charge >= 0.3 is 0 Å². The molecule has 8 nitrogen and oxygen atoms in total. The first-order valence-corrected chi connectivity index (χ1v) is 11.6. The summed E-state index contributed by atoms with van der Waals surface area (Å²) in [5.74, 6) is 1.87. The topological polar surface area (TPSA) is 88.7 Å². The van der Waals surface area contributed by atoms with Crippen LogP contribution in [0.2, 0.25) is 0 Å². The van der Waals surface area contributed by atoms with E-state index in [-0.39, 0.29) is 5.91 Å². The Balaban J connectivity index is 1.27. The second-order valence-electron chi connectivity index (χ2n) is 8.35. The van der Waals surface area contributed by atoms with Crippen LogP contribution in [0.15, 0.2) is 48.5 Å². The molecule has 0 bridgehead atoms. The number of morpholine rings is 1. The summed E-state index contributed by atoms with van der Waals surface area (Å²) in [6.45, 7) is 4.60. The summed E-state index contributed by atoms with van der Waals surface area (Å²) in [7, 11) is 3.28. The number of H-pyrrole nitrogens is 1. The third-order valence-electron chi connectivity index (χ3n) is 6.00. The third kappa shape index (κ3) is 6.59. The fourth-order valence-electron chi connectivity index (χ4n) is 3.97. The maximum atomic E-state index is 12.6. The van der Waals surface area contributed by atoms with Crippen LogP contribution in [0.4, 0.5) is 5.82 Å². The molecule has 0 atom stereocenters. The monoisotopic (exact) mass is 464 g/mol. The van der Waals surface area contributed by atoms with E-state index in [1.807, 2.05) is 48.5 Å². The zero-order chi connectivity index (χ0) is 23.8. The zero-order valence-electron chi connectivity index (χ0n) is 19.8. The molecule has 1 amide bonds. The van der Waals surface area contributed by atoms with Crippen molar-refractivity contribution in [1.29, 1.82) is 0 Å². The molecule has 0 spiro atoms. The zero-order valence-corrected chi connectivity index (χ0v) is 19.8. The summed E-state index contributed by atoms with van der Waals surface area (Å²) in [6, 6.07) is 15.5. The highest BCUT2D eigenvalue weighted by molar-refractivity contribution is 6.03. The molecule has 2 N–H and O–H groups in total. The number of anilines is 1. The van der Waals surface area contributed by atoms with Gasteiger partial charge in [0.25, 0.3) is 5.91 Å². The fraction of sp³-hybridized carbons (Fsp3) is 0.385. The van der Waals surface area contributed by atoms with Gasteiger partial charge in [-0.1, -0.05) is 12.1 Å². The van der Waals surface area contributed by atoms with Crippen molar-refractivity contribution < 1.29 is 19.0 Å². The predicted molar refractivity (Wildman–Crippen MR) is 131 cm³/mol. The number of hydrogen-bond acceptors (Lipinski definition) is 6. The molecule has 180 valence electrons. The van der Waals surface area contributed by atoms with E-state index >= 15 is 0 Å². The SMILES string of the molecule is COc1cc(CCc2cc(NC(=O)c3ccc(CCN4CCOCC4)cc3)n[nH]2)cc(OC)c1. The second kappa shape index (κ2) is 11.7. The summed E-state index contributed by atoms with van der Waals surface area (Å²) in [6.07, 6.45) is 2.50. The Hall–Kier alpha value is -3.36. The van der Waals surface area contributed by atoms with Crippen molar-refractivity contribution in [2.45, 2.75) is 19.3 Å². The van der Waals surface area contributed by atoms with Crippen LogP contribution >= 0.6 is 0 Å². The van der Waals surface area contributed by atoms with E-state index in [1.54, 1.807) is 14.2 Å². The number of aromatic nitrogens is 2. The van der Waals surface area contributed by atoms with Gasteiger partial charge in [-0.05, 0) is 54.7 Å². The lowest BCUT2D eigenvalue weighted by Crippen LogP contribution is -2.37. The number of nitrogens with zero attached hydrogens (tertiary/aromatic N) is 2. The Morgan fingerprint density at radius 3 is 2.35 bits per heavy atom. The number of aryl methyl sites for hydroxylation is 2. The Kier molecular flexibility index (Phi) is 8.17. The van der Waals surface area contributed by atoms with Crippen LogP contribution in [0.3, 0.4) is 0 Å². The van der Waals surface area contributed by atoms with Gasteiger partial charge in [0.05, 0.1) is 27.4 Å². The molecule has 1 saturated heterocycles. The molecular formula is C26H32N4O4. The molecule has 4 rings (SSSR count). The predicted octanol–water partition coefficient (Wildman–Crippen LogP) is 3.34. The lowest BCUT2D eigenvalue weighted by atomic mass is 10.1. The number of benzene rings is 2. The molecule has 1 fully saturated rings. The Labute approximate surface area is 200 Å². The molecule has 1 aliphatic rings. The number of rotatable bonds is 10. The van der Waals surface area contributed by atoms with Gasteiger partial charge in [-0.2, -0.15) is 5.10 Å². The molecule has 1 aromatic heterocycles. The van der Waals surface area contributed by atoms with Gasteiger partial charge in [-0.3, -0.25) is 14.8 Å². The first-order valence-electron chi connectivity index (χ1n) is 11.6. The Morgan fingerprint density at radius 2 is 1.68 bits per heavy atom. The summed E-state index contributed by atoms with van der Waals surface area (Å²) in [4.78, 5) is 15.1. The summed E-state index contributed by atoms with van der Waals surface area (Å²) in [5.41, 5.74) is 3.88. The smallest absolute Gasteiger partial charge is 0.256 e. The van der Waals surface area contributed by atoms with Crippen molar-refractivity contribution >= 4 is 11.7 Å². The lowest BCUT2D eigenvalue weighted by Gasteiger charge is -2.26. The van der Waals surface area contributed by atoms with Crippen molar-refractivity contribution in [3.8, 4) is 11.5 Å². The summed E-state index contributed by atoms with van der Waals surface area (Å²) >= 11 is 0. The minimum absolute atomic E-state index is 0.171. The van der Waals surface area contributed by atoms with Crippen molar-refractivity contribution in [3.05, 3.63) is 70.9 Å². The van der Waals surface area contributed by atoms with Gasteiger partial charge in [-0.25, -0.2) is 0 Å². The molecule has 34 heavy (non-hydrogen) atoms. The van der Waals surface area contributed by atoms with Crippen molar-refractivity contribution in [2.24, 2.45) is 0 Å². The molecule has 8 heteroatoms. The van der Waals surface area contributed by atoms with Gasteiger partial charge in [0.15, 0.2) is 5.82 Å². The maximum Gasteiger partial charge on any atom is 0.256 e. The van der Waals surface area contributed by atoms with E-state index in [9.17, 15) is 4.79 Å². The molecule has 3 aromatic rings. The van der Waals surface area contributed by atoms with Crippen LogP contribution in [0, 0.1) is 0 Å². The highest BCUT2D eigenvalue weighted by Crippen LogP contribution is 2.23. The Morgan fingerprint density at radius 1 is 0.971 bits per heavy atom. The van der Waals surface area contributed by atoms with Crippen LogP contribution in [0.1, 0.15) is 27.2 Å². The quantitative estimate of drug-likeness (QED) is 0.479. The van der Waals surface area contributed by atoms with E-state index in [0.717, 1.165) is 74.9 Å². The number of aromatic amines is 1. The summed E-state index contributed by atoms with van der Waals surface area (Å²) < 4.78 is 16.1. The molecule has 0 aliphatic carbocycles. The number of amides is 1. The normalized spacial score (nSPS) is 14.1. The number of nitrogens with one attached hydrogen (secondary N) is 2. The van der Waals surface area contributed by atoms with Crippen LogP contribution < -0.4 is 14.8 Å². The first kappa shape index (κ1) is 23.8. The summed E-state index contributed by atoms with van der Waals surface area (Å²) in [5, 5.41) is 10.1. The van der Waals surface area contributed by atoms with E-state index in [4.69, 9.17) is 14.2 Å². The van der Waals surface area contributed by atoms with E-state index in [2.05, 4.69) is 20.4 Å². The minimum atomic E-state index is -0.171. The van der Waals surface area contributed by atoms with E-state index in [0.29, 0.717) is 11.4 Å². The average molecular weight is 465 g/mol. The highest BCUT2D eigenvalue weighted by atomic mass is 16.5. The van der Waals surface area contributed by atoms with E-state index in [1.165, 1.54) is 5.56 Å². The van der Waals surface area contributed by atoms with Gasteiger partial charge in [0, 0.05) is 43.0 Å². The maximum absolute atomic E-state index is 12.6. The van der Waals surface area contributed by atoms with Crippen LogP contribution in [-0.2, 0) is 24.0 Å². The van der Waals surface area contributed by atoms with Gasteiger partial charge in [-0.15, -0.1) is 0 Å². The van der Waals surface area contributed by atoms with E-state index < -0.39 is 0 Å². The van der Waals surface area contributed by atoms with Crippen molar-refractivity contribution in [3.63, 3.8) is 0 Å². The lowest BCUT2D eigenvalue weighted by molar-refractivity contribution is 0.0384. The number of ether oxygens (including phenoxy) is 3. The van der Waals surface area contributed by atoms with Crippen molar-refractivity contribution in [2.75, 3.05) is 52.4 Å². The first-order chi connectivity index (χ1) is 16.6.